The zero-order chi connectivity index (χ0) is 18.6. The van der Waals surface area contributed by atoms with E-state index >= 15 is 0 Å². The summed E-state index contributed by atoms with van der Waals surface area (Å²) in [5.74, 6) is 1.10. The lowest BCUT2D eigenvalue weighted by molar-refractivity contribution is -0.133. The maximum Gasteiger partial charge on any atom is 0.222 e. The van der Waals surface area contributed by atoms with Crippen molar-refractivity contribution in [2.75, 3.05) is 26.2 Å². The third kappa shape index (κ3) is 4.54. The molecule has 1 saturated heterocycles. The van der Waals surface area contributed by atoms with Crippen molar-refractivity contribution in [2.24, 2.45) is 0 Å². The molecule has 1 aromatic carbocycles. The van der Waals surface area contributed by atoms with Crippen molar-refractivity contribution >= 4 is 27.5 Å². The molecule has 142 valence electrons. The molecule has 3 heterocycles. The summed E-state index contributed by atoms with van der Waals surface area (Å²) in [7, 11) is 0. The summed E-state index contributed by atoms with van der Waals surface area (Å²) >= 11 is 1.73. The van der Waals surface area contributed by atoms with Gasteiger partial charge in [-0.1, -0.05) is 17.3 Å². The Morgan fingerprint density at radius 3 is 2.78 bits per heavy atom. The molecule has 0 N–H and O–H groups in total. The number of thiazole rings is 1. The Bertz CT molecular complexity index is 878. The van der Waals surface area contributed by atoms with Gasteiger partial charge < -0.3 is 9.42 Å². The first-order valence-electron chi connectivity index (χ1n) is 9.44. The molecule has 0 saturated carbocycles. The highest BCUT2D eigenvalue weighted by Gasteiger charge is 2.21. The van der Waals surface area contributed by atoms with Crippen molar-refractivity contribution in [3.05, 3.63) is 46.8 Å². The molecule has 0 aliphatic carbocycles. The number of piperazine rings is 1. The molecular formula is C20H24N4O2S. The van der Waals surface area contributed by atoms with E-state index in [1.165, 1.54) is 4.70 Å². The maximum absolute atomic E-state index is 12.5. The monoisotopic (exact) mass is 384 g/mol. The number of rotatable bonds is 6. The fraction of sp³-hybridized carbons (Fsp3) is 0.450. The van der Waals surface area contributed by atoms with Gasteiger partial charge in [-0.15, -0.1) is 11.3 Å². The van der Waals surface area contributed by atoms with Crippen molar-refractivity contribution < 1.29 is 9.32 Å². The van der Waals surface area contributed by atoms with Gasteiger partial charge in [-0.25, -0.2) is 4.98 Å². The Morgan fingerprint density at radius 1 is 1.22 bits per heavy atom. The smallest absolute Gasteiger partial charge is 0.222 e. The second kappa shape index (κ2) is 8.19. The lowest BCUT2D eigenvalue weighted by Crippen LogP contribution is -2.48. The lowest BCUT2D eigenvalue weighted by Gasteiger charge is -2.34. The normalized spacial score (nSPS) is 15.5. The third-order valence-corrected chi connectivity index (χ3v) is 6.00. The molecule has 1 amide bonds. The topological polar surface area (TPSA) is 62.5 Å². The van der Waals surface area contributed by atoms with Crippen LogP contribution in [0.3, 0.4) is 0 Å². The van der Waals surface area contributed by atoms with Crippen LogP contribution in [0.5, 0.6) is 0 Å². The van der Waals surface area contributed by atoms with Crippen molar-refractivity contribution in [2.45, 2.75) is 32.7 Å². The van der Waals surface area contributed by atoms with Crippen molar-refractivity contribution in [3.8, 4) is 0 Å². The Labute approximate surface area is 162 Å². The molecule has 0 radical (unpaired) electrons. The predicted molar refractivity (Wildman–Crippen MR) is 106 cm³/mol. The number of aromatic nitrogens is 2. The van der Waals surface area contributed by atoms with Gasteiger partial charge in [0.15, 0.2) is 0 Å². The summed E-state index contributed by atoms with van der Waals surface area (Å²) in [4.78, 5) is 21.4. The summed E-state index contributed by atoms with van der Waals surface area (Å²) in [5.41, 5.74) is 2.02. The van der Waals surface area contributed by atoms with Gasteiger partial charge in [-0.05, 0) is 31.9 Å². The van der Waals surface area contributed by atoms with Crippen LogP contribution < -0.4 is 0 Å². The van der Waals surface area contributed by atoms with Gasteiger partial charge in [0, 0.05) is 45.2 Å². The van der Waals surface area contributed by atoms with E-state index < -0.39 is 0 Å². The molecule has 1 aliphatic rings. The fourth-order valence-corrected chi connectivity index (χ4v) is 4.46. The van der Waals surface area contributed by atoms with Crippen LogP contribution in [-0.2, 0) is 17.8 Å². The molecule has 3 aromatic rings. The van der Waals surface area contributed by atoms with Crippen LogP contribution in [0.4, 0.5) is 0 Å². The van der Waals surface area contributed by atoms with Crippen molar-refractivity contribution in [1.29, 1.82) is 0 Å². The minimum Gasteiger partial charge on any atom is -0.361 e. The second-order valence-corrected chi connectivity index (χ2v) is 8.13. The second-order valence-electron chi connectivity index (χ2n) is 7.01. The molecule has 0 unspecified atom stereocenters. The Morgan fingerprint density at radius 2 is 2.04 bits per heavy atom. The first-order valence-corrected chi connectivity index (χ1v) is 10.3. The van der Waals surface area contributed by atoms with Crippen LogP contribution in [0.25, 0.3) is 10.2 Å². The Balaban J connectivity index is 1.20. The molecule has 0 spiro atoms. The molecule has 4 rings (SSSR count). The maximum atomic E-state index is 12.5. The minimum atomic E-state index is 0.257. The number of carbonyl (C=O) groups is 1. The van der Waals surface area contributed by atoms with E-state index in [0.717, 1.165) is 67.5 Å². The summed E-state index contributed by atoms with van der Waals surface area (Å²) in [6, 6.07) is 10.2. The Hall–Kier alpha value is -2.25. The standard InChI is InChI=1S/C20H24N4O2S/c1-15-13-16(22-26-15)14-23-9-11-24(12-10-23)20(25)8-4-7-19-21-17-5-2-3-6-18(17)27-19/h2-3,5-6,13H,4,7-12,14H2,1H3. The van der Waals surface area contributed by atoms with Crippen molar-refractivity contribution in [1.82, 2.24) is 19.9 Å². The molecule has 2 aromatic heterocycles. The van der Waals surface area contributed by atoms with E-state index in [0.29, 0.717) is 6.42 Å². The highest BCUT2D eigenvalue weighted by molar-refractivity contribution is 7.18. The van der Waals surface area contributed by atoms with Gasteiger partial charge in [0.25, 0.3) is 0 Å². The number of amides is 1. The number of hydrogen-bond acceptors (Lipinski definition) is 6. The largest absolute Gasteiger partial charge is 0.361 e. The molecule has 1 fully saturated rings. The number of para-hydroxylation sites is 1. The van der Waals surface area contributed by atoms with Crippen LogP contribution in [0.1, 0.15) is 29.3 Å². The number of carbonyl (C=O) groups excluding carboxylic acids is 1. The van der Waals surface area contributed by atoms with Crippen LogP contribution in [0.15, 0.2) is 34.9 Å². The average molecular weight is 385 g/mol. The first-order chi connectivity index (χ1) is 13.2. The van der Waals surface area contributed by atoms with Gasteiger partial charge in [-0.3, -0.25) is 9.69 Å². The van der Waals surface area contributed by atoms with E-state index in [9.17, 15) is 4.79 Å². The summed E-state index contributed by atoms with van der Waals surface area (Å²) in [6.45, 7) is 6.04. The summed E-state index contributed by atoms with van der Waals surface area (Å²) in [5, 5.41) is 5.17. The van der Waals surface area contributed by atoms with Gasteiger partial charge in [0.05, 0.1) is 20.9 Å². The van der Waals surface area contributed by atoms with Gasteiger partial charge in [-0.2, -0.15) is 0 Å². The molecule has 1 aliphatic heterocycles. The first kappa shape index (κ1) is 18.1. The van der Waals surface area contributed by atoms with E-state index in [1.54, 1.807) is 11.3 Å². The quantitative estimate of drug-likeness (QED) is 0.653. The predicted octanol–water partition coefficient (Wildman–Crippen LogP) is 3.26. The number of nitrogens with zero attached hydrogens (tertiary/aromatic N) is 4. The zero-order valence-corrected chi connectivity index (χ0v) is 16.4. The van der Waals surface area contributed by atoms with Crippen LogP contribution in [-0.4, -0.2) is 52.0 Å². The van der Waals surface area contributed by atoms with E-state index in [2.05, 4.69) is 21.1 Å². The molecule has 27 heavy (non-hydrogen) atoms. The van der Waals surface area contributed by atoms with E-state index in [-0.39, 0.29) is 5.91 Å². The van der Waals surface area contributed by atoms with Crippen LogP contribution in [0.2, 0.25) is 0 Å². The summed E-state index contributed by atoms with van der Waals surface area (Å²) < 4.78 is 6.34. The van der Waals surface area contributed by atoms with Gasteiger partial charge >= 0.3 is 0 Å². The number of hydrogen-bond donors (Lipinski definition) is 0. The summed E-state index contributed by atoms with van der Waals surface area (Å²) in [6.07, 6.45) is 2.33. The van der Waals surface area contributed by atoms with E-state index in [4.69, 9.17) is 4.52 Å². The van der Waals surface area contributed by atoms with Crippen LogP contribution in [0, 0.1) is 6.92 Å². The molecule has 0 bridgehead atoms. The highest BCUT2D eigenvalue weighted by Crippen LogP contribution is 2.23. The average Bonchev–Trinajstić information content (AvgIpc) is 3.27. The van der Waals surface area contributed by atoms with E-state index in [1.807, 2.05) is 36.1 Å². The minimum absolute atomic E-state index is 0.257. The number of benzene rings is 1. The van der Waals surface area contributed by atoms with Gasteiger partial charge in [0.2, 0.25) is 5.91 Å². The number of fused-ring (bicyclic) bond motifs is 1. The molecule has 6 nitrogen and oxygen atoms in total. The fourth-order valence-electron chi connectivity index (χ4n) is 3.45. The third-order valence-electron chi connectivity index (χ3n) is 4.91. The van der Waals surface area contributed by atoms with Crippen molar-refractivity contribution in [3.63, 3.8) is 0 Å². The SMILES string of the molecule is Cc1cc(CN2CCN(C(=O)CCCc3nc4ccccc4s3)CC2)no1. The lowest BCUT2D eigenvalue weighted by atomic mass is 10.2. The van der Waals surface area contributed by atoms with Crippen LogP contribution >= 0.6 is 11.3 Å². The number of aryl methyl sites for hydroxylation is 2. The Kier molecular flexibility index (Phi) is 5.50. The van der Waals surface area contributed by atoms with Gasteiger partial charge in [0.1, 0.15) is 5.76 Å². The zero-order valence-electron chi connectivity index (χ0n) is 15.6. The molecular weight excluding hydrogens is 360 g/mol. The highest BCUT2D eigenvalue weighted by atomic mass is 32.1. The molecule has 7 heteroatoms. The molecule has 0 atom stereocenters.